The summed E-state index contributed by atoms with van der Waals surface area (Å²) in [6, 6.07) is 13.4. The van der Waals surface area contributed by atoms with Crippen LogP contribution in [0.1, 0.15) is 22.8 Å². The van der Waals surface area contributed by atoms with E-state index in [1.54, 1.807) is 36.4 Å². The number of amides is 1. The number of benzene rings is 2. The van der Waals surface area contributed by atoms with Crippen molar-refractivity contribution >= 4 is 18.1 Å². The summed E-state index contributed by atoms with van der Waals surface area (Å²) >= 11 is 0. The second kappa shape index (κ2) is 9.07. The van der Waals surface area contributed by atoms with Crippen LogP contribution in [0.4, 0.5) is 0 Å². The lowest BCUT2D eigenvalue weighted by Crippen LogP contribution is -2.24. The zero-order valence-electron chi connectivity index (χ0n) is 13.6. The maximum atomic E-state index is 11.8. The molecule has 0 unspecified atom stereocenters. The topological polar surface area (TPSA) is 97.2 Å². The highest BCUT2D eigenvalue weighted by molar-refractivity contribution is 5.98. The van der Waals surface area contributed by atoms with Crippen molar-refractivity contribution in [2.75, 3.05) is 13.2 Å². The summed E-state index contributed by atoms with van der Waals surface area (Å²) in [5.74, 6) is -0.531. The largest absolute Gasteiger partial charge is 0.490 e. The Morgan fingerprint density at radius 3 is 2.40 bits per heavy atom. The van der Waals surface area contributed by atoms with Crippen LogP contribution in [-0.2, 0) is 4.79 Å². The first-order chi connectivity index (χ1) is 12.1. The first-order valence-corrected chi connectivity index (χ1v) is 7.60. The highest BCUT2D eigenvalue weighted by Crippen LogP contribution is 2.26. The molecule has 2 aromatic carbocycles. The number of aromatic carboxylic acids is 1. The number of carbonyl (C=O) groups is 2. The van der Waals surface area contributed by atoms with Gasteiger partial charge in [-0.15, -0.1) is 0 Å². The van der Waals surface area contributed by atoms with Crippen molar-refractivity contribution in [3.63, 3.8) is 0 Å². The molecule has 0 saturated heterocycles. The molecular weight excluding hydrogens is 324 g/mol. The molecule has 2 rings (SSSR count). The molecule has 0 fully saturated rings. The van der Waals surface area contributed by atoms with E-state index in [0.29, 0.717) is 23.7 Å². The van der Waals surface area contributed by atoms with Crippen LogP contribution in [0, 0.1) is 0 Å². The van der Waals surface area contributed by atoms with Crippen LogP contribution in [0.15, 0.2) is 53.6 Å². The number of para-hydroxylation sites is 2. The van der Waals surface area contributed by atoms with E-state index in [1.165, 1.54) is 12.3 Å². The Balaban J connectivity index is 1.90. The minimum absolute atomic E-state index is 0.0994. The summed E-state index contributed by atoms with van der Waals surface area (Å²) in [6.45, 7) is 2.09. The molecule has 0 aliphatic heterocycles. The summed E-state index contributed by atoms with van der Waals surface area (Å²) in [4.78, 5) is 22.9. The number of hydrogen-bond acceptors (Lipinski definition) is 5. The van der Waals surface area contributed by atoms with Crippen LogP contribution in [0.2, 0.25) is 0 Å². The molecule has 2 aromatic rings. The number of carbonyl (C=O) groups excluding carboxylic acids is 1. The smallest absolute Gasteiger partial charge is 0.336 e. The van der Waals surface area contributed by atoms with Gasteiger partial charge in [-0.25, -0.2) is 10.2 Å². The van der Waals surface area contributed by atoms with Crippen LogP contribution in [-0.4, -0.2) is 36.4 Å². The molecule has 0 aromatic heterocycles. The van der Waals surface area contributed by atoms with Gasteiger partial charge in [-0.3, -0.25) is 4.79 Å². The fourth-order valence-electron chi connectivity index (χ4n) is 2.00. The van der Waals surface area contributed by atoms with Gasteiger partial charge in [0.15, 0.2) is 18.1 Å². The van der Waals surface area contributed by atoms with E-state index in [1.807, 2.05) is 13.0 Å². The predicted molar refractivity (Wildman–Crippen MR) is 92.2 cm³/mol. The van der Waals surface area contributed by atoms with E-state index in [0.717, 1.165) is 0 Å². The van der Waals surface area contributed by atoms with Crippen molar-refractivity contribution in [3.8, 4) is 11.5 Å². The SMILES string of the molecule is CCOc1ccccc1OCC(=O)N/N=C/c1ccccc1C(=O)O. The normalized spacial score (nSPS) is 10.4. The lowest BCUT2D eigenvalue weighted by atomic mass is 10.1. The summed E-state index contributed by atoms with van der Waals surface area (Å²) in [6.07, 6.45) is 1.27. The van der Waals surface area contributed by atoms with E-state index in [2.05, 4.69) is 10.5 Å². The van der Waals surface area contributed by atoms with E-state index in [4.69, 9.17) is 14.6 Å². The quantitative estimate of drug-likeness (QED) is 0.567. The van der Waals surface area contributed by atoms with Crippen LogP contribution < -0.4 is 14.9 Å². The molecule has 1 amide bonds. The van der Waals surface area contributed by atoms with Gasteiger partial charge in [0.25, 0.3) is 5.91 Å². The summed E-state index contributed by atoms with van der Waals surface area (Å²) < 4.78 is 10.8. The third kappa shape index (κ3) is 5.35. The molecule has 0 radical (unpaired) electrons. The first kappa shape index (κ1) is 18.0. The van der Waals surface area contributed by atoms with Crippen molar-refractivity contribution in [2.45, 2.75) is 6.92 Å². The Kier molecular flexibility index (Phi) is 6.53. The van der Waals surface area contributed by atoms with Gasteiger partial charge in [0.1, 0.15) is 0 Å². The highest BCUT2D eigenvalue weighted by atomic mass is 16.5. The van der Waals surface area contributed by atoms with Crippen LogP contribution in [0.25, 0.3) is 0 Å². The molecule has 0 spiro atoms. The first-order valence-electron chi connectivity index (χ1n) is 7.60. The van der Waals surface area contributed by atoms with Crippen molar-refractivity contribution in [1.82, 2.24) is 5.43 Å². The van der Waals surface area contributed by atoms with Gasteiger partial charge in [0, 0.05) is 5.56 Å². The highest BCUT2D eigenvalue weighted by Gasteiger charge is 2.08. The lowest BCUT2D eigenvalue weighted by Gasteiger charge is -2.10. The minimum Gasteiger partial charge on any atom is -0.490 e. The molecule has 0 saturated carbocycles. The number of nitrogens with zero attached hydrogens (tertiary/aromatic N) is 1. The second-order valence-corrected chi connectivity index (χ2v) is 4.85. The summed E-state index contributed by atoms with van der Waals surface area (Å²) in [5.41, 5.74) is 2.78. The fraction of sp³-hybridized carbons (Fsp3) is 0.167. The number of hydrazone groups is 1. The zero-order chi connectivity index (χ0) is 18.1. The molecule has 130 valence electrons. The van der Waals surface area contributed by atoms with E-state index < -0.39 is 11.9 Å². The van der Waals surface area contributed by atoms with E-state index in [9.17, 15) is 9.59 Å². The van der Waals surface area contributed by atoms with Crippen molar-refractivity contribution in [3.05, 3.63) is 59.7 Å². The number of carboxylic acid groups (broad SMARTS) is 1. The molecule has 2 N–H and O–H groups in total. The molecule has 0 bridgehead atoms. The number of ether oxygens (including phenoxy) is 2. The van der Waals surface area contributed by atoms with Crippen LogP contribution in [0.3, 0.4) is 0 Å². The Labute approximate surface area is 144 Å². The van der Waals surface area contributed by atoms with Gasteiger partial charge < -0.3 is 14.6 Å². The fourth-order valence-corrected chi connectivity index (χ4v) is 2.00. The number of rotatable bonds is 8. The maximum absolute atomic E-state index is 11.8. The second-order valence-electron chi connectivity index (χ2n) is 4.85. The van der Waals surface area contributed by atoms with Gasteiger partial charge in [-0.05, 0) is 25.1 Å². The Bertz CT molecular complexity index is 774. The van der Waals surface area contributed by atoms with Gasteiger partial charge in [0.2, 0.25) is 0 Å². The van der Waals surface area contributed by atoms with Crippen molar-refractivity contribution < 1.29 is 24.2 Å². The molecular formula is C18H18N2O5. The summed E-state index contributed by atoms with van der Waals surface area (Å²) in [5, 5.41) is 12.8. The molecule has 0 atom stereocenters. The zero-order valence-corrected chi connectivity index (χ0v) is 13.6. The molecule has 0 aliphatic carbocycles. The number of nitrogens with one attached hydrogen (secondary N) is 1. The van der Waals surface area contributed by atoms with Crippen molar-refractivity contribution in [1.29, 1.82) is 0 Å². The minimum atomic E-state index is -1.07. The van der Waals surface area contributed by atoms with Gasteiger partial charge in [-0.2, -0.15) is 5.10 Å². The van der Waals surface area contributed by atoms with Crippen LogP contribution in [0.5, 0.6) is 11.5 Å². The average Bonchev–Trinajstić information content (AvgIpc) is 2.61. The third-order valence-electron chi connectivity index (χ3n) is 3.09. The Morgan fingerprint density at radius 2 is 1.72 bits per heavy atom. The van der Waals surface area contributed by atoms with Gasteiger partial charge in [-0.1, -0.05) is 30.3 Å². The molecule has 0 heterocycles. The predicted octanol–water partition coefficient (Wildman–Crippen LogP) is 2.31. The molecule has 0 aliphatic rings. The monoisotopic (exact) mass is 342 g/mol. The summed E-state index contributed by atoms with van der Waals surface area (Å²) in [7, 11) is 0. The number of carboxylic acids is 1. The van der Waals surface area contributed by atoms with E-state index in [-0.39, 0.29) is 12.2 Å². The average molecular weight is 342 g/mol. The lowest BCUT2D eigenvalue weighted by molar-refractivity contribution is -0.123. The maximum Gasteiger partial charge on any atom is 0.336 e. The standard InChI is InChI=1S/C18H18N2O5/c1-2-24-15-9-5-6-10-16(15)25-12-17(21)20-19-11-13-7-3-4-8-14(13)18(22)23/h3-11H,2,12H2,1H3,(H,20,21)(H,22,23)/b19-11+. The number of hydrogen-bond donors (Lipinski definition) is 2. The molecule has 7 nitrogen and oxygen atoms in total. The molecule has 25 heavy (non-hydrogen) atoms. The van der Waals surface area contributed by atoms with Gasteiger partial charge in [0.05, 0.1) is 18.4 Å². The van der Waals surface area contributed by atoms with Crippen LogP contribution >= 0.6 is 0 Å². The molecule has 7 heteroatoms. The van der Waals surface area contributed by atoms with E-state index >= 15 is 0 Å². The third-order valence-corrected chi connectivity index (χ3v) is 3.09. The van der Waals surface area contributed by atoms with Gasteiger partial charge >= 0.3 is 5.97 Å². The van der Waals surface area contributed by atoms with Crippen molar-refractivity contribution in [2.24, 2.45) is 5.10 Å². The Morgan fingerprint density at radius 1 is 1.08 bits per heavy atom. The Hall–Kier alpha value is -3.35.